The van der Waals surface area contributed by atoms with Gasteiger partial charge in [0.2, 0.25) is 0 Å². The first-order chi connectivity index (χ1) is 20.3. The first-order valence-corrected chi connectivity index (χ1v) is 15.0. The van der Waals surface area contributed by atoms with Crippen LogP contribution < -0.4 is 4.90 Å². The molecule has 0 heterocycles. The molecule has 7 nitrogen and oxygen atoms in total. The number of hydrogen-bond donors (Lipinski definition) is 2. The number of nitrogens with zero attached hydrogens (tertiary/aromatic N) is 2. The molecule has 0 saturated heterocycles. The Kier molecular flexibility index (Phi) is 13.5. The lowest BCUT2D eigenvalue weighted by Crippen LogP contribution is -2.48. The van der Waals surface area contributed by atoms with E-state index in [1.807, 2.05) is 36.4 Å². The molecular weight excluding hydrogens is 528 g/mol. The standard InChI is InChI=1S/C35H46N2O5/c1-27-21-22-29(26-28(27)2)16-8-6-15-25-42-33(32(38)35(40)41)34(39)36(3)23-13-7-14-24-37(30-17-9-4-10-18-30)31-19-11-5-12-20-31/h4-5,9-12,17-22,26,32-33,38H,6-8,13-16,23-25H2,1-3H3,(H,40,41). The number of carbonyl (C=O) groups excluding carboxylic acids is 1. The van der Waals surface area contributed by atoms with Crippen molar-refractivity contribution in [3.8, 4) is 0 Å². The summed E-state index contributed by atoms with van der Waals surface area (Å²) >= 11 is 0. The number of rotatable bonds is 18. The number of carbonyl (C=O) groups is 2. The van der Waals surface area contributed by atoms with Crippen molar-refractivity contribution >= 4 is 23.3 Å². The number of likely N-dealkylation sites (N-methyl/N-ethyl adjacent to an activating group) is 1. The van der Waals surface area contributed by atoms with Crippen LogP contribution in [0.4, 0.5) is 11.4 Å². The number of unbranched alkanes of at least 4 members (excludes halogenated alkanes) is 4. The van der Waals surface area contributed by atoms with Crippen LogP contribution in [0.25, 0.3) is 0 Å². The summed E-state index contributed by atoms with van der Waals surface area (Å²) < 4.78 is 5.66. The van der Waals surface area contributed by atoms with Crippen LogP contribution in [0.1, 0.15) is 55.2 Å². The van der Waals surface area contributed by atoms with E-state index >= 15 is 0 Å². The number of amides is 1. The third kappa shape index (κ3) is 10.3. The second-order valence-electron chi connectivity index (χ2n) is 10.9. The summed E-state index contributed by atoms with van der Waals surface area (Å²) in [6.45, 7) is 5.72. The maximum atomic E-state index is 13.1. The highest BCUT2D eigenvalue weighted by Gasteiger charge is 2.34. The van der Waals surface area contributed by atoms with Gasteiger partial charge in [0, 0.05) is 38.1 Å². The van der Waals surface area contributed by atoms with Crippen molar-refractivity contribution in [2.45, 2.75) is 71.0 Å². The molecule has 0 aromatic heterocycles. The summed E-state index contributed by atoms with van der Waals surface area (Å²) in [6, 6.07) is 27.0. The van der Waals surface area contributed by atoms with Gasteiger partial charge in [-0.1, -0.05) is 61.0 Å². The second kappa shape index (κ2) is 17.3. The number of anilines is 2. The summed E-state index contributed by atoms with van der Waals surface area (Å²) in [5.74, 6) is -1.96. The van der Waals surface area contributed by atoms with Crippen LogP contribution in [0.3, 0.4) is 0 Å². The van der Waals surface area contributed by atoms with E-state index in [1.54, 1.807) is 7.05 Å². The number of aliphatic hydroxyl groups is 1. The van der Waals surface area contributed by atoms with E-state index in [0.29, 0.717) is 13.0 Å². The molecule has 3 aromatic rings. The number of aliphatic hydroxyl groups excluding tert-OH is 1. The van der Waals surface area contributed by atoms with Crippen molar-refractivity contribution in [1.29, 1.82) is 0 Å². The van der Waals surface area contributed by atoms with Crippen LogP contribution in [0.5, 0.6) is 0 Å². The average Bonchev–Trinajstić information content (AvgIpc) is 3.00. The predicted octanol–water partition coefficient (Wildman–Crippen LogP) is 6.31. The molecule has 1 amide bonds. The predicted molar refractivity (Wildman–Crippen MR) is 168 cm³/mol. The van der Waals surface area contributed by atoms with Gasteiger partial charge in [-0.25, -0.2) is 4.79 Å². The minimum absolute atomic E-state index is 0.219. The first-order valence-electron chi connectivity index (χ1n) is 15.0. The van der Waals surface area contributed by atoms with Crippen molar-refractivity contribution in [2.75, 3.05) is 31.6 Å². The number of carboxylic acids is 1. The van der Waals surface area contributed by atoms with E-state index in [4.69, 9.17) is 4.74 Å². The van der Waals surface area contributed by atoms with Crippen LogP contribution in [0.2, 0.25) is 0 Å². The van der Waals surface area contributed by atoms with Crippen LogP contribution in [0.15, 0.2) is 78.9 Å². The Labute approximate surface area is 250 Å². The molecule has 2 atom stereocenters. The van der Waals surface area contributed by atoms with Gasteiger partial charge in [0.05, 0.1) is 0 Å². The Bertz CT molecular complexity index is 1200. The summed E-state index contributed by atoms with van der Waals surface area (Å²) in [6.07, 6.45) is 2.75. The molecule has 0 fully saturated rings. The number of hydrogen-bond acceptors (Lipinski definition) is 5. The third-order valence-electron chi connectivity index (χ3n) is 7.65. The summed E-state index contributed by atoms with van der Waals surface area (Å²) in [5, 5.41) is 19.6. The molecular formula is C35H46N2O5. The molecule has 0 aliphatic carbocycles. The van der Waals surface area contributed by atoms with Crippen LogP contribution in [-0.4, -0.2) is 65.9 Å². The van der Waals surface area contributed by atoms with Gasteiger partial charge in [0.15, 0.2) is 12.2 Å². The minimum atomic E-state index is -1.90. The number of aliphatic carboxylic acids is 1. The molecule has 0 aliphatic heterocycles. The van der Waals surface area contributed by atoms with E-state index in [1.165, 1.54) is 21.6 Å². The number of para-hydroxylation sites is 2. The Morgan fingerprint density at radius 3 is 1.95 bits per heavy atom. The maximum Gasteiger partial charge on any atom is 0.335 e. The monoisotopic (exact) mass is 574 g/mol. The highest BCUT2D eigenvalue weighted by atomic mass is 16.5. The molecule has 2 unspecified atom stereocenters. The van der Waals surface area contributed by atoms with E-state index < -0.39 is 24.1 Å². The summed E-state index contributed by atoms with van der Waals surface area (Å²) in [4.78, 5) is 28.3. The number of benzene rings is 3. The fraction of sp³-hybridized carbons (Fsp3) is 0.429. The van der Waals surface area contributed by atoms with Gasteiger partial charge < -0.3 is 24.7 Å². The number of carboxylic acid groups (broad SMARTS) is 1. The molecule has 0 aliphatic rings. The molecule has 3 rings (SSSR count). The Morgan fingerprint density at radius 2 is 1.36 bits per heavy atom. The van der Waals surface area contributed by atoms with Crippen molar-refractivity contribution < 1.29 is 24.5 Å². The van der Waals surface area contributed by atoms with Crippen molar-refractivity contribution in [3.05, 3.63) is 95.6 Å². The van der Waals surface area contributed by atoms with Gasteiger partial charge in [0.25, 0.3) is 5.91 Å². The van der Waals surface area contributed by atoms with Crippen molar-refractivity contribution in [3.63, 3.8) is 0 Å². The van der Waals surface area contributed by atoms with Crippen molar-refractivity contribution in [1.82, 2.24) is 4.90 Å². The maximum absolute atomic E-state index is 13.1. The van der Waals surface area contributed by atoms with Gasteiger partial charge in [0.1, 0.15) is 0 Å². The molecule has 0 saturated carbocycles. The number of aryl methyl sites for hydroxylation is 3. The van der Waals surface area contributed by atoms with Gasteiger partial charge >= 0.3 is 5.97 Å². The molecule has 0 radical (unpaired) electrons. The molecule has 3 aromatic carbocycles. The lowest BCUT2D eigenvalue weighted by molar-refractivity contribution is -0.166. The lowest BCUT2D eigenvalue weighted by Gasteiger charge is -2.26. The van der Waals surface area contributed by atoms with Gasteiger partial charge in [-0.15, -0.1) is 0 Å². The Balaban J connectivity index is 1.42. The normalized spacial score (nSPS) is 12.5. The Morgan fingerprint density at radius 1 is 0.762 bits per heavy atom. The van der Waals surface area contributed by atoms with Crippen LogP contribution in [0, 0.1) is 13.8 Å². The van der Waals surface area contributed by atoms with Gasteiger partial charge in [-0.05, 0) is 93.3 Å². The Hall–Kier alpha value is -3.68. The molecule has 0 spiro atoms. The third-order valence-corrected chi connectivity index (χ3v) is 7.65. The van der Waals surface area contributed by atoms with Gasteiger partial charge in [-0.3, -0.25) is 4.79 Å². The lowest BCUT2D eigenvalue weighted by atomic mass is 10.0. The second-order valence-corrected chi connectivity index (χ2v) is 10.9. The van der Waals surface area contributed by atoms with Crippen molar-refractivity contribution in [2.24, 2.45) is 0 Å². The molecule has 7 heteroatoms. The molecule has 42 heavy (non-hydrogen) atoms. The topological polar surface area (TPSA) is 90.3 Å². The van der Waals surface area contributed by atoms with E-state index in [0.717, 1.165) is 56.4 Å². The van der Waals surface area contributed by atoms with Crippen LogP contribution >= 0.6 is 0 Å². The van der Waals surface area contributed by atoms with E-state index in [2.05, 4.69) is 61.2 Å². The van der Waals surface area contributed by atoms with Gasteiger partial charge in [-0.2, -0.15) is 0 Å². The fourth-order valence-corrected chi connectivity index (χ4v) is 4.95. The largest absolute Gasteiger partial charge is 0.479 e. The van der Waals surface area contributed by atoms with Crippen LogP contribution in [-0.2, 0) is 20.7 Å². The average molecular weight is 575 g/mol. The van der Waals surface area contributed by atoms with E-state index in [-0.39, 0.29) is 6.61 Å². The number of ether oxygens (including phenoxy) is 1. The molecule has 2 N–H and O–H groups in total. The zero-order chi connectivity index (χ0) is 30.3. The highest BCUT2D eigenvalue weighted by Crippen LogP contribution is 2.25. The fourth-order valence-electron chi connectivity index (χ4n) is 4.95. The molecule has 226 valence electrons. The zero-order valence-electron chi connectivity index (χ0n) is 25.2. The van der Waals surface area contributed by atoms with E-state index in [9.17, 15) is 19.8 Å². The first kappa shape index (κ1) is 32.8. The smallest absolute Gasteiger partial charge is 0.335 e. The quantitative estimate of drug-likeness (QED) is 0.173. The zero-order valence-corrected chi connectivity index (χ0v) is 25.2. The summed E-state index contributed by atoms with van der Waals surface area (Å²) in [7, 11) is 1.64. The SMILES string of the molecule is Cc1ccc(CCCCCOC(C(=O)N(C)CCCCCN(c2ccccc2)c2ccccc2)C(O)C(=O)O)cc1C. The molecule has 0 bridgehead atoms. The minimum Gasteiger partial charge on any atom is -0.479 e. The summed E-state index contributed by atoms with van der Waals surface area (Å²) in [5.41, 5.74) is 6.11. The highest BCUT2D eigenvalue weighted by molar-refractivity contribution is 5.87.